The minimum atomic E-state index is 0.0364. The van der Waals surface area contributed by atoms with Crippen LogP contribution in [0.25, 0.3) is 0 Å². The van der Waals surface area contributed by atoms with Gasteiger partial charge in [-0.2, -0.15) is 4.98 Å². The maximum absolute atomic E-state index is 6.13. The van der Waals surface area contributed by atoms with Gasteiger partial charge < -0.3 is 19.7 Å². The number of morpholine rings is 1. The highest BCUT2D eigenvalue weighted by Gasteiger charge is 2.29. The van der Waals surface area contributed by atoms with Gasteiger partial charge in [0.1, 0.15) is 11.9 Å². The molecule has 2 aromatic rings. The van der Waals surface area contributed by atoms with Crippen molar-refractivity contribution in [1.29, 1.82) is 0 Å². The first-order valence-corrected chi connectivity index (χ1v) is 9.82. The molecular formula is C21H28N4O2. The molecule has 0 radical (unpaired) electrons. The predicted molar refractivity (Wildman–Crippen MR) is 106 cm³/mol. The summed E-state index contributed by atoms with van der Waals surface area (Å²) in [5, 5.41) is 3.49. The second kappa shape index (κ2) is 8.23. The van der Waals surface area contributed by atoms with Gasteiger partial charge in [-0.15, -0.1) is 0 Å². The van der Waals surface area contributed by atoms with Gasteiger partial charge in [0.2, 0.25) is 5.95 Å². The van der Waals surface area contributed by atoms with Crippen molar-refractivity contribution in [2.45, 2.75) is 44.9 Å². The van der Waals surface area contributed by atoms with Crippen LogP contribution in [-0.4, -0.2) is 48.4 Å². The summed E-state index contributed by atoms with van der Waals surface area (Å²) in [6.45, 7) is 7.31. The van der Waals surface area contributed by atoms with Crippen LogP contribution >= 0.6 is 0 Å². The fraction of sp³-hybridized carbons (Fsp3) is 0.524. The standard InChI is InChI=1S/C21H28N4O2/c1-15-6-3-4-8-18(15)19-12-25(16(2)13-27-19)21-22-10-9-20(24-21)23-17-7-5-11-26-14-17/h3-4,6,8-10,16-17,19H,5,7,11-14H2,1-2H3,(H,22,23,24). The van der Waals surface area contributed by atoms with Crippen LogP contribution in [0, 0.1) is 6.92 Å². The van der Waals surface area contributed by atoms with Gasteiger partial charge in [0.15, 0.2) is 0 Å². The van der Waals surface area contributed by atoms with Crippen LogP contribution in [-0.2, 0) is 9.47 Å². The number of anilines is 2. The van der Waals surface area contributed by atoms with E-state index in [1.807, 2.05) is 12.3 Å². The number of aryl methyl sites for hydroxylation is 1. The van der Waals surface area contributed by atoms with Crippen molar-refractivity contribution < 1.29 is 9.47 Å². The molecule has 0 spiro atoms. The van der Waals surface area contributed by atoms with Crippen LogP contribution in [0.1, 0.15) is 37.0 Å². The normalized spacial score (nSPS) is 26.0. The van der Waals surface area contributed by atoms with Gasteiger partial charge in [-0.05, 0) is 43.9 Å². The molecule has 3 heterocycles. The van der Waals surface area contributed by atoms with Crippen LogP contribution in [0.5, 0.6) is 0 Å². The lowest BCUT2D eigenvalue weighted by atomic mass is 10.0. The largest absolute Gasteiger partial charge is 0.379 e. The van der Waals surface area contributed by atoms with Gasteiger partial charge in [-0.3, -0.25) is 0 Å². The first-order valence-electron chi connectivity index (χ1n) is 9.82. The monoisotopic (exact) mass is 368 g/mol. The van der Waals surface area contributed by atoms with E-state index in [4.69, 9.17) is 14.5 Å². The minimum absolute atomic E-state index is 0.0364. The molecule has 2 aliphatic rings. The lowest BCUT2D eigenvalue weighted by molar-refractivity contribution is 0.0205. The third kappa shape index (κ3) is 4.22. The molecule has 1 N–H and O–H groups in total. The van der Waals surface area contributed by atoms with Gasteiger partial charge in [-0.1, -0.05) is 24.3 Å². The number of hydrogen-bond acceptors (Lipinski definition) is 6. The van der Waals surface area contributed by atoms with E-state index >= 15 is 0 Å². The molecule has 4 rings (SSSR count). The molecule has 2 aliphatic heterocycles. The SMILES string of the molecule is Cc1ccccc1C1CN(c2nccc(NC3CCCOC3)n2)C(C)CO1. The van der Waals surface area contributed by atoms with E-state index < -0.39 is 0 Å². The molecule has 144 valence electrons. The summed E-state index contributed by atoms with van der Waals surface area (Å²) < 4.78 is 11.7. The highest BCUT2D eigenvalue weighted by atomic mass is 16.5. The van der Waals surface area contributed by atoms with Crippen molar-refractivity contribution in [3.63, 3.8) is 0 Å². The zero-order valence-corrected chi connectivity index (χ0v) is 16.1. The number of rotatable bonds is 4. The summed E-state index contributed by atoms with van der Waals surface area (Å²) in [7, 11) is 0. The molecule has 2 fully saturated rings. The summed E-state index contributed by atoms with van der Waals surface area (Å²) in [5.74, 6) is 1.62. The molecule has 0 bridgehead atoms. The average molecular weight is 368 g/mol. The molecule has 6 nitrogen and oxygen atoms in total. The van der Waals surface area contributed by atoms with Crippen LogP contribution in [0.15, 0.2) is 36.5 Å². The lowest BCUT2D eigenvalue weighted by Gasteiger charge is -2.38. The molecule has 3 unspecified atom stereocenters. The summed E-state index contributed by atoms with van der Waals surface area (Å²) >= 11 is 0. The first-order chi connectivity index (χ1) is 13.2. The maximum Gasteiger partial charge on any atom is 0.227 e. The molecular weight excluding hydrogens is 340 g/mol. The minimum Gasteiger partial charge on any atom is -0.379 e. The molecule has 27 heavy (non-hydrogen) atoms. The number of benzene rings is 1. The van der Waals surface area contributed by atoms with E-state index in [1.54, 1.807) is 0 Å². The Bertz CT molecular complexity index is 763. The van der Waals surface area contributed by atoms with Gasteiger partial charge in [0, 0.05) is 12.8 Å². The number of nitrogens with one attached hydrogen (secondary N) is 1. The highest BCUT2D eigenvalue weighted by Crippen LogP contribution is 2.29. The van der Waals surface area contributed by atoms with Crippen molar-refractivity contribution in [2.24, 2.45) is 0 Å². The molecule has 0 aliphatic carbocycles. The van der Waals surface area contributed by atoms with Gasteiger partial charge in [0.05, 0.1) is 31.8 Å². The molecule has 6 heteroatoms. The maximum atomic E-state index is 6.13. The summed E-state index contributed by atoms with van der Waals surface area (Å²) in [4.78, 5) is 11.6. The summed E-state index contributed by atoms with van der Waals surface area (Å²) in [5.41, 5.74) is 2.49. The van der Waals surface area contributed by atoms with E-state index in [0.717, 1.165) is 44.4 Å². The zero-order chi connectivity index (χ0) is 18.6. The van der Waals surface area contributed by atoms with Gasteiger partial charge >= 0.3 is 0 Å². The molecule has 2 saturated heterocycles. The number of ether oxygens (including phenoxy) is 2. The second-order valence-electron chi connectivity index (χ2n) is 7.48. The smallest absolute Gasteiger partial charge is 0.227 e. The zero-order valence-electron chi connectivity index (χ0n) is 16.1. The van der Waals surface area contributed by atoms with E-state index in [-0.39, 0.29) is 12.1 Å². The number of hydrogen-bond donors (Lipinski definition) is 1. The van der Waals surface area contributed by atoms with Crippen molar-refractivity contribution in [2.75, 3.05) is 36.6 Å². The van der Waals surface area contributed by atoms with Crippen molar-refractivity contribution in [3.8, 4) is 0 Å². The summed E-state index contributed by atoms with van der Waals surface area (Å²) in [6.07, 6.45) is 4.07. The Hall–Kier alpha value is -2.18. The Morgan fingerprint density at radius 2 is 2.07 bits per heavy atom. The highest BCUT2D eigenvalue weighted by molar-refractivity contribution is 5.44. The van der Waals surface area contributed by atoms with Crippen molar-refractivity contribution in [1.82, 2.24) is 9.97 Å². The Balaban J connectivity index is 1.50. The van der Waals surface area contributed by atoms with E-state index in [0.29, 0.717) is 12.6 Å². The molecule has 1 aromatic heterocycles. The predicted octanol–water partition coefficient (Wildman–Crippen LogP) is 3.34. The fourth-order valence-electron chi connectivity index (χ4n) is 3.80. The van der Waals surface area contributed by atoms with Crippen LogP contribution in [0.4, 0.5) is 11.8 Å². The summed E-state index contributed by atoms with van der Waals surface area (Å²) in [6, 6.07) is 10.9. The third-order valence-electron chi connectivity index (χ3n) is 5.38. The van der Waals surface area contributed by atoms with Gasteiger partial charge in [0.25, 0.3) is 0 Å². The Morgan fingerprint density at radius 3 is 2.89 bits per heavy atom. The van der Waals surface area contributed by atoms with Crippen molar-refractivity contribution in [3.05, 3.63) is 47.7 Å². The average Bonchev–Trinajstić information content (AvgIpc) is 2.70. The lowest BCUT2D eigenvalue weighted by Crippen LogP contribution is -2.46. The topological polar surface area (TPSA) is 59.5 Å². The first kappa shape index (κ1) is 18.2. The van der Waals surface area contributed by atoms with Crippen molar-refractivity contribution >= 4 is 11.8 Å². The quantitative estimate of drug-likeness (QED) is 0.893. The molecule has 0 saturated carbocycles. The van der Waals surface area contributed by atoms with E-state index in [9.17, 15) is 0 Å². The molecule has 0 amide bonds. The fourth-order valence-corrected chi connectivity index (χ4v) is 3.80. The number of nitrogens with zero attached hydrogens (tertiary/aromatic N) is 3. The Morgan fingerprint density at radius 1 is 1.19 bits per heavy atom. The molecule has 3 atom stereocenters. The van der Waals surface area contributed by atoms with E-state index in [2.05, 4.69) is 53.3 Å². The Kier molecular flexibility index (Phi) is 5.55. The number of aromatic nitrogens is 2. The van der Waals surface area contributed by atoms with Crippen LogP contribution in [0.3, 0.4) is 0 Å². The Labute approximate surface area is 160 Å². The van der Waals surface area contributed by atoms with Crippen LogP contribution in [0.2, 0.25) is 0 Å². The van der Waals surface area contributed by atoms with E-state index in [1.165, 1.54) is 11.1 Å². The van der Waals surface area contributed by atoms with Crippen LogP contribution < -0.4 is 10.2 Å². The second-order valence-corrected chi connectivity index (χ2v) is 7.48. The van der Waals surface area contributed by atoms with Gasteiger partial charge in [-0.25, -0.2) is 4.98 Å². The molecule has 1 aromatic carbocycles. The third-order valence-corrected chi connectivity index (χ3v) is 5.38.